The molecule has 0 unspecified atom stereocenters. The zero-order chi connectivity index (χ0) is 9.80. The van der Waals surface area contributed by atoms with Gasteiger partial charge in [-0.15, -0.1) is 0 Å². The Kier molecular flexibility index (Phi) is 3.35. The third-order valence-corrected chi connectivity index (χ3v) is 3.55. The number of hydrogen-bond acceptors (Lipinski definition) is 4. The summed E-state index contributed by atoms with van der Waals surface area (Å²) in [6.45, 7) is 3.14. The van der Waals surface area contributed by atoms with E-state index >= 15 is 0 Å². The Balaban J connectivity index is 1.68. The second kappa shape index (κ2) is 4.73. The third kappa shape index (κ3) is 2.44. The van der Waals surface area contributed by atoms with Crippen LogP contribution in [0.2, 0.25) is 0 Å². The molecule has 0 aliphatic heterocycles. The van der Waals surface area contributed by atoms with Gasteiger partial charge in [-0.3, -0.25) is 0 Å². The van der Waals surface area contributed by atoms with E-state index in [0.29, 0.717) is 0 Å². The fourth-order valence-corrected chi connectivity index (χ4v) is 2.31. The predicted molar refractivity (Wildman–Crippen MR) is 59.7 cm³/mol. The van der Waals surface area contributed by atoms with E-state index in [1.807, 2.05) is 0 Å². The van der Waals surface area contributed by atoms with Gasteiger partial charge in [-0.1, -0.05) is 26.2 Å². The molecule has 0 bridgehead atoms. The summed E-state index contributed by atoms with van der Waals surface area (Å²) >= 11 is 1.48. The lowest BCUT2D eigenvalue weighted by molar-refractivity contribution is 0.303. The van der Waals surface area contributed by atoms with Gasteiger partial charge in [-0.2, -0.15) is 4.37 Å². The van der Waals surface area contributed by atoms with Crippen LogP contribution in [0, 0.1) is 5.92 Å². The van der Waals surface area contributed by atoms with Gasteiger partial charge in [0, 0.05) is 24.5 Å². The summed E-state index contributed by atoms with van der Waals surface area (Å²) in [5.41, 5.74) is 0. The Labute approximate surface area is 89.1 Å². The first-order valence-electron chi connectivity index (χ1n) is 5.45. The Hall–Kier alpha value is -0.640. The summed E-state index contributed by atoms with van der Waals surface area (Å²) in [5.74, 6) is 1.93. The van der Waals surface area contributed by atoms with Crippen molar-refractivity contribution in [2.75, 3.05) is 11.9 Å². The topological polar surface area (TPSA) is 37.8 Å². The monoisotopic (exact) mass is 211 g/mol. The first-order valence-corrected chi connectivity index (χ1v) is 6.22. The zero-order valence-corrected chi connectivity index (χ0v) is 9.44. The molecule has 1 aromatic rings. The van der Waals surface area contributed by atoms with E-state index in [1.165, 1.54) is 37.2 Å². The molecule has 1 fully saturated rings. The summed E-state index contributed by atoms with van der Waals surface area (Å²) in [5, 5.41) is 4.33. The van der Waals surface area contributed by atoms with Crippen LogP contribution >= 0.6 is 11.5 Å². The molecule has 0 radical (unpaired) electrons. The highest BCUT2D eigenvalue weighted by atomic mass is 32.1. The summed E-state index contributed by atoms with van der Waals surface area (Å²) in [6, 6.07) is 0. The van der Waals surface area contributed by atoms with Crippen LogP contribution in [0.5, 0.6) is 0 Å². The van der Waals surface area contributed by atoms with Crippen molar-refractivity contribution in [3.8, 4) is 0 Å². The van der Waals surface area contributed by atoms with Crippen LogP contribution in [0.25, 0.3) is 0 Å². The Morgan fingerprint density at radius 3 is 2.93 bits per heavy atom. The van der Waals surface area contributed by atoms with E-state index in [9.17, 15) is 0 Å². The van der Waals surface area contributed by atoms with E-state index in [4.69, 9.17) is 0 Å². The van der Waals surface area contributed by atoms with Crippen LogP contribution < -0.4 is 5.32 Å². The van der Waals surface area contributed by atoms with Crippen LogP contribution in [0.4, 0.5) is 5.13 Å². The minimum Gasteiger partial charge on any atom is -0.360 e. The molecule has 0 atom stereocenters. The van der Waals surface area contributed by atoms with Gasteiger partial charge >= 0.3 is 0 Å². The SMILES string of the molecule is CCc1nsc(NCCC2CCC2)n1. The molecular weight excluding hydrogens is 194 g/mol. The van der Waals surface area contributed by atoms with Crippen LogP contribution in [0.3, 0.4) is 0 Å². The largest absolute Gasteiger partial charge is 0.360 e. The van der Waals surface area contributed by atoms with E-state index in [-0.39, 0.29) is 0 Å². The van der Waals surface area contributed by atoms with Gasteiger partial charge in [-0.05, 0) is 12.3 Å². The van der Waals surface area contributed by atoms with E-state index in [0.717, 1.165) is 29.8 Å². The van der Waals surface area contributed by atoms with Crippen LogP contribution in [-0.2, 0) is 6.42 Å². The summed E-state index contributed by atoms with van der Waals surface area (Å²) in [7, 11) is 0. The van der Waals surface area contributed by atoms with Gasteiger partial charge in [0.05, 0.1) is 0 Å². The smallest absolute Gasteiger partial charge is 0.202 e. The van der Waals surface area contributed by atoms with Crippen molar-refractivity contribution in [2.45, 2.75) is 39.0 Å². The molecule has 2 rings (SSSR count). The van der Waals surface area contributed by atoms with Gasteiger partial charge in [0.15, 0.2) is 0 Å². The number of rotatable bonds is 5. The Bertz CT molecular complexity index is 281. The molecule has 1 N–H and O–H groups in total. The molecule has 1 heterocycles. The van der Waals surface area contributed by atoms with Crippen molar-refractivity contribution >= 4 is 16.7 Å². The van der Waals surface area contributed by atoms with Crippen molar-refractivity contribution in [3.05, 3.63) is 5.82 Å². The minimum atomic E-state index is 0.931. The molecular formula is C10H17N3S. The quantitative estimate of drug-likeness (QED) is 0.813. The molecule has 4 heteroatoms. The van der Waals surface area contributed by atoms with Crippen LogP contribution in [-0.4, -0.2) is 15.9 Å². The molecule has 0 aromatic carbocycles. The van der Waals surface area contributed by atoms with Crippen LogP contribution in [0.15, 0.2) is 0 Å². The standard InChI is InChI=1S/C10H17N3S/c1-2-9-12-10(14-13-9)11-7-6-8-4-3-5-8/h8H,2-7H2,1H3,(H,11,12,13). The summed E-state index contributed by atoms with van der Waals surface area (Å²) < 4.78 is 4.23. The first-order chi connectivity index (χ1) is 6.88. The maximum absolute atomic E-state index is 4.37. The molecule has 14 heavy (non-hydrogen) atoms. The van der Waals surface area contributed by atoms with Crippen molar-refractivity contribution < 1.29 is 0 Å². The first kappa shape index (κ1) is 9.90. The number of hydrogen-bond donors (Lipinski definition) is 1. The van der Waals surface area contributed by atoms with Gasteiger partial charge in [-0.25, -0.2) is 4.98 Å². The van der Waals surface area contributed by atoms with Gasteiger partial charge in [0.1, 0.15) is 5.82 Å². The lowest BCUT2D eigenvalue weighted by Gasteiger charge is -2.24. The molecule has 1 aliphatic carbocycles. The molecule has 1 saturated carbocycles. The number of nitrogens with one attached hydrogen (secondary N) is 1. The van der Waals surface area contributed by atoms with Crippen molar-refractivity contribution in [1.82, 2.24) is 9.36 Å². The molecule has 3 nitrogen and oxygen atoms in total. The van der Waals surface area contributed by atoms with Crippen LogP contribution in [0.1, 0.15) is 38.4 Å². The molecule has 0 saturated heterocycles. The third-order valence-electron chi connectivity index (χ3n) is 2.84. The number of anilines is 1. The average Bonchev–Trinajstić information content (AvgIpc) is 2.57. The lowest BCUT2D eigenvalue weighted by Crippen LogP contribution is -2.15. The lowest BCUT2D eigenvalue weighted by atomic mass is 9.83. The second-order valence-corrected chi connectivity index (χ2v) is 4.63. The minimum absolute atomic E-state index is 0.931. The number of nitrogens with zero attached hydrogens (tertiary/aromatic N) is 2. The number of aryl methyl sites for hydroxylation is 1. The summed E-state index contributed by atoms with van der Waals surface area (Å²) in [4.78, 5) is 4.37. The second-order valence-electron chi connectivity index (χ2n) is 3.88. The summed E-state index contributed by atoms with van der Waals surface area (Å²) in [6.07, 6.45) is 6.52. The fraction of sp³-hybridized carbons (Fsp3) is 0.800. The molecule has 0 amide bonds. The highest BCUT2D eigenvalue weighted by Gasteiger charge is 2.16. The average molecular weight is 211 g/mol. The van der Waals surface area contributed by atoms with Gasteiger partial charge in [0.2, 0.25) is 5.13 Å². The maximum atomic E-state index is 4.37. The maximum Gasteiger partial charge on any atom is 0.202 e. The van der Waals surface area contributed by atoms with Crippen molar-refractivity contribution in [1.29, 1.82) is 0 Å². The van der Waals surface area contributed by atoms with Gasteiger partial charge in [0.25, 0.3) is 0 Å². The molecule has 1 aliphatic rings. The number of aromatic nitrogens is 2. The van der Waals surface area contributed by atoms with E-state index in [1.54, 1.807) is 0 Å². The van der Waals surface area contributed by atoms with Crippen molar-refractivity contribution in [2.24, 2.45) is 5.92 Å². The molecule has 0 spiro atoms. The van der Waals surface area contributed by atoms with Crippen molar-refractivity contribution in [3.63, 3.8) is 0 Å². The van der Waals surface area contributed by atoms with E-state index in [2.05, 4.69) is 21.6 Å². The fourth-order valence-electron chi connectivity index (χ4n) is 1.63. The highest BCUT2D eigenvalue weighted by molar-refractivity contribution is 7.09. The highest BCUT2D eigenvalue weighted by Crippen LogP contribution is 2.29. The van der Waals surface area contributed by atoms with E-state index < -0.39 is 0 Å². The normalized spacial score (nSPS) is 16.6. The molecule has 1 aromatic heterocycles. The molecule has 78 valence electrons. The Morgan fingerprint density at radius 1 is 1.50 bits per heavy atom. The Morgan fingerprint density at radius 2 is 2.36 bits per heavy atom. The van der Waals surface area contributed by atoms with Gasteiger partial charge < -0.3 is 5.32 Å². The zero-order valence-electron chi connectivity index (χ0n) is 8.62. The predicted octanol–water partition coefficient (Wildman–Crippen LogP) is 2.70.